The molecule has 1 unspecified atom stereocenters. The second-order valence-electron chi connectivity index (χ2n) is 7.88. The summed E-state index contributed by atoms with van der Waals surface area (Å²) >= 11 is 0. The van der Waals surface area contributed by atoms with E-state index in [4.69, 9.17) is 0 Å². The average molecular weight is 421 g/mol. The van der Waals surface area contributed by atoms with Crippen molar-refractivity contribution in [3.8, 4) is 0 Å². The van der Waals surface area contributed by atoms with Crippen LogP contribution in [0.1, 0.15) is 41.7 Å². The van der Waals surface area contributed by atoms with Gasteiger partial charge in [-0.1, -0.05) is 12.1 Å². The number of hydrogen-bond acceptors (Lipinski definition) is 5. The molecule has 0 bridgehead atoms. The van der Waals surface area contributed by atoms with Crippen LogP contribution in [0.4, 0.5) is 5.69 Å². The predicted molar refractivity (Wildman–Crippen MR) is 116 cm³/mol. The normalized spacial score (nSPS) is 14.3. The second kappa shape index (κ2) is 7.82. The SMILES string of the molecule is CC(NC(=O)c1cnc2c(c1)c(=O)n(C)c(=O)n2C)c1ccc(NC(=O)C2CC2)cc1. The van der Waals surface area contributed by atoms with Crippen molar-refractivity contribution in [2.24, 2.45) is 20.0 Å². The zero-order valence-electron chi connectivity index (χ0n) is 17.5. The average Bonchev–Trinajstić information content (AvgIpc) is 3.62. The standard InChI is InChI=1S/C22H23N5O4/c1-12(13-6-8-16(9-7-13)25-19(28)14-4-5-14)24-20(29)15-10-17-18(23-11-15)26(2)22(31)27(3)21(17)30/h6-12,14H,4-5H2,1-3H3,(H,24,29)(H,25,28). The number of hydrogen-bond donors (Lipinski definition) is 2. The van der Waals surface area contributed by atoms with Crippen LogP contribution in [0.15, 0.2) is 46.1 Å². The number of benzene rings is 1. The van der Waals surface area contributed by atoms with Crippen molar-refractivity contribution in [2.75, 3.05) is 5.32 Å². The van der Waals surface area contributed by atoms with Gasteiger partial charge in [-0.05, 0) is 43.5 Å². The third kappa shape index (κ3) is 3.98. The van der Waals surface area contributed by atoms with Crippen LogP contribution in [0.3, 0.4) is 0 Å². The van der Waals surface area contributed by atoms with E-state index in [2.05, 4.69) is 15.6 Å². The van der Waals surface area contributed by atoms with Gasteiger partial charge in [-0.15, -0.1) is 0 Å². The number of pyridine rings is 1. The first-order valence-corrected chi connectivity index (χ1v) is 10.0. The number of rotatable bonds is 5. The van der Waals surface area contributed by atoms with E-state index in [-0.39, 0.29) is 40.4 Å². The fourth-order valence-electron chi connectivity index (χ4n) is 3.40. The summed E-state index contributed by atoms with van der Waals surface area (Å²) in [5.41, 5.74) is 1.05. The number of carbonyl (C=O) groups excluding carboxylic acids is 2. The minimum Gasteiger partial charge on any atom is -0.345 e. The van der Waals surface area contributed by atoms with Crippen LogP contribution in [0.25, 0.3) is 11.0 Å². The smallest absolute Gasteiger partial charge is 0.332 e. The van der Waals surface area contributed by atoms with E-state index >= 15 is 0 Å². The van der Waals surface area contributed by atoms with Gasteiger partial charge in [0.2, 0.25) is 5.91 Å². The first-order valence-electron chi connectivity index (χ1n) is 10.0. The van der Waals surface area contributed by atoms with Gasteiger partial charge in [0.1, 0.15) is 5.65 Å². The molecule has 9 heteroatoms. The quantitative estimate of drug-likeness (QED) is 0.647. The number of aryl methyl sites for hydroxylation is 1. The Labute approximate surface area is 177 Å². The number of fused-ring (bicyclic) bond motifs is 1. The summed E-state index contributed by atoms with van der Waals surface area (Å²) in [4.78, 5) is 53.2. The third-order valence-corrected chi connectivity index (χ3v) is 5.53. The lowest BCUT2D eigenvalue weighted by Crippen LogP contribution is -2.37. The molecule has 0 aliphatic heterocycles. The molecule has 1 aliphatic rings. The number of aromatic nitrogens is 3. The van der Waals surface area contributed by atoms with Gasteiger partial charge < -0.3 is 10.6 Å². The molecule has 1 saturated carbocycles. The number of amides is 2. The maximum absolute atomic E-state index is 12.7. The number of anilines is 1. The molecule has 1 aromatic carbocycles. The van der Waals surface area contributed by atoms with Crippen molar-refractivity contribution >= 4 is 28.5 Å². The Bertz CT molecular complexity index is 1300. The molecule has 3 aromatic rings. The largest absolute Gasteiger partial charge is 0.345 e. The fraction of sp³-hybridized carbons (Fsp3) is 0.318. The highest BCUT2D eigenvalue weighted by atomic mass is 16.2. The van der Waals surface area contributed by atoms with Crippen molar-refractivity contribution in [2.45, 2.75) is 25.8 Å². The van der Waals surface area contributed by atoms with Crippen LogP contribution < -0.4 is 21.9 Å². The third-order valence-electron chi connectivity index (χ3n) is 5.53. The Balaban J connectivity index is 1.51. The van der Waals surface area contributed by atoms with E-state index in [1.807, 2.05) is 19.1 Å². The second-order valence-corrected chi connectivity index (χ2v) is 7.88. The van der Waals surface area contributed by atoms with Crippen LogP contribution in [-0.4, -0.2) is 25.9 Å². The maximum Gasteiger partial charge on any atom is 0.332 e. The van der Waals surface area contributed by atoms with Crippen molar-refractivity contribution in [3.63, 3.8) is 0 Å². The molecule has 4 rings (SSSR count). The molecule has 2 amide bonds. The van der Waals surface area contributed by atoms with Gasteiger partial charge in [0, 0.05) is 31.9 Å². The zero-order valence-corrected chi connectivity index (χ0v) is 17.5. The van der Waals surface area contributed by atoms with Gasteiger partial charge in [-0.2, -0.15) is 0 Å². The molecule has 2 N–H and O–H groups in total. The van der Waals surface area contributed by atoms with E-state index in [1.54, 1.807) is 12.1 Å². The van der Waals surface area contributed by atoms with Crippen molar-refractivity contribution in [3.05, 3.63) is 68.5 Å². The van der Waals surface area contributed by atoms with Gasteiger partial charge in [-0.25, -0.2) is 9.78 Å². The van der Waals surface area contributed by atoms with Gasteiger partial charge in [0.05, 0.1) is 17.0 Å². The summed E-state index contributed by atoms with van der Waals surface area (Å²) in [5.74, 6) is -0.210. The predicted octanol–water partition coefficient (Wildman–Crippen LogP) is 1.47. The molecular weight excluding hydrogens is 398 g/mol. The molecule has 1 atom stereocenters. The molecule has 2 aromatic heterocycles. The molecule has 0 saturated heterocycles. The minimum atomic E-state index is -0.503. The molecule has 9 nitrogen and oxygen atoms in total. The van der Waals surface area contributed by atoms with Crippen LogP contribution in [0.5, 0.6) is 0 Å². The lowest BCUT2D eigenvalue weighted by Gasteiger charge is -2.15. The maximum atomic E-state index is 12.7. The van der Waals surface area contributed by atoms with Gasteiger partial charge in [0.15, 0.2) is 0 Å². The van der Waals surface area contributed by atoms with E-state index in [0.717, 1.165) is 28.7 Å². The summed E-state index contributed by atoms with van der Waals surface area (Å²) in [6.45, 7) is 1.84. The number of nitrogens with zero attached hydrogens (tertiary/aromatic N) is 3. The molecule has 31 heavy (non-hydrogen) atoms. The molecule has 1 aliphatic carbocycles. The Morgan fingerprint density at radius 3 is 2.42 bits per heavy atom. The summed E-state index contributed by atoms with van der Waals surface area (Å²) in [6.07, 6.45) is 3.23. The van der Waals surface area contributed by atoms with E-state index in [1.165, 1.54) is 30.9 Å². The molecular formula is C22H23N5O4. The van der Waals surface area contributed by atoms with E-state index in [9.17, 15) is 19.2 Å². The van der Waals surface area contributed by atoms with E-state index in [0.29, 0.717) is 0 Å². The summed E-state index contributed by atoms with van der Waals surface area (Å²) in [7, 11) is 2.91. The Kier molecular flexibility index (Phi) is 5.18. The topological polar surface area (TPSA) is 115 Å². The van der Waals surface area contributed by atoms with Crippen molar-refractivity contribution in [1.29, 1.82) is 0 Å². The lowest BCUT2D eigenvalue weighted by molar-refractivity contribution is -0.117. The van der Waals surface area contributed by atoms with Gasteiger partial charge in [0.25, 0.3) is 11.5 Å². The Morgan fingerprint density at radius 2 is 1.77 bits per heavy atom. The highest BCUT2D eigenvalue weighted by Gasteiger charge is 2.29. The minimum absolute atomic E-state index is 0.0431. The lowest BCUT2D eigenvalue weighted by atomic mass is 10.1. The molecule has 1 fully saturated rings. The summed E-state index contributed by atoms with van der Waals surface area (Å²) < 4.78 is 2.25. The van der Waals surface area contributed by atoms with Crippen LogP contribution >= 0.6 is 0 Å². The molecule has 2 heterocycles. The summed E-state index contributed by atoms with van der Waals surface area (Å²) in [6, 6.07) is 8.44. The summed E-state index contributed by atoms with van der Waals surface area (Å²) in [5, 5.41) is 5.96. The fourth-order valence-corrected chi connectivity index (χ4v) is 3.40. The van der Waals surface area contributed by atoms with Crippen molar-refractivity contribution < 1.29 is 9.59 Å². The van der Waals surface area contributed by atoms with Gasteiger partial charge >= 0.3 is 5.69 Å². The van der Waals surface area contributed by atoms with Crippen LogP contribution in [0, 0.1) is 5.92 Å². The number of nitrogens with one attached hydrogen (secondary N) is 2. The van der Waals surface area contributed by atoms with Crippen LogP contribution in [0.2, 0.25) is 0 Å². The molecule has 0 radical (unpaired) electrons. The number of carbonyl (C=O) groups is 2. The zero-order chi connectivity index (χ0) is 22.3. The first kappa shape index (κ1) is 20.5. The van der Waals surface area contributed by atoms with Gasteiger partial charge in [-0.3, -0.25) is 23.5 Å². The monoisotopic (exact) mass is 421 g/mol. The molecule has 160 valence electrons. The first-order chi connectivity index (χ1) is 14.8. The highest BCUT2D eigenvalue weighted by Crippen LogP contribution is 2.30. The Hall–Kier alpha value is -3.75. The Morgan fingerprint density at radius 1 is 1.10 bits per heavy atom. The van der Waals surface area contributed by atoms with Crippen molar-refractivity contribution in [1.82, 2.24) is 19.4 Å². The van der Waals surface area contributed by atoms with Crippen LogP contribution in [-0.2, 0) is 18.9 Å². The molecule has 0 spiro atoms. The van der Waals surface area contributed by atoms with E-state index < -0.39 is 11.2 Å². The highest BCUT2D eigenvalue weighted by molar-refractivity contribution is 5.97.